The molecule has 1 aliphatic carbocycles. The summed E-state index contributed by atoms with van der Waals surface area (Å²) >= 11 is 0. The molecule has 1 saturated carbocycles. The van der Waals surface area contributed by atoms with Crippen LogP contribution in [0.15, 0.2) is 4.99 Å². The molecule has 0 spiro atoms. The molecule has 0 radical (unpaired) electrons. The SMILES string of the molecule is CN=C(NCCS(=O)(=O)NCC1CCC1)N1CCN(C(C)C(=O)N2CCCC2)CC1. The first-order chi connectivity index (χ1) is 14.4. The summed E-state index contributed by atoms with van der Waals surface area (Å²) in [6.45, 7) is 7.80. The zero-order valence-electron chi connectivity index (χ0n) is 18.5. The minimum Gasteiger partial charge on any atom is -0.355 e. The third-order valence-corrected chi connectivity index (χ3v) is 7.97. The van der Waals surface area contributed by atoms with Gasteiger partial charge in [0.15, 0.2) is 5.96 Å². The molecule has 3 rings (SSSR count). The summed E-state index contributed by atoms with van der Waals surface area (Å²) in [5.74, 6) is 1.52. The van der Waals surface area contributed by atoms with Crippen molar-refractivity contribution in [3.63, 3.8) is 0 Å². The summed E-state index contributed by atoms with van der Waals surface area (Å²) in [4.78, 5) is 23.3. The number of sulfonamides is 1. The van der Waals surface area contributed by atoms with Crippen molar-refractivity contribution in [2.75, 3.05) is 65.2 Å². The molecule has 9 nitrogen and oxygen atoms in total. The number of hydrogen-bond donors (Lipinski definition) is 2. The number of nitrogens with one attached hydrogen (secondary N) is 2. The van der Waals surface area contributed by atoms with Crippen molar-refractivity contribution < 1.29 is 13.2 Å². The minimum atomic E-state index is -3.26. The Morgan fingerprint density at radius 3 is 2.27 bits per heavy atom. The molecule has 0 aromatic heterocycles. The monoisotopic (exact) mass is 442 g/mol. The number of guanidine groups is 1. The van der Waals surface area contributed by atoms with E-state index in [1.165, 1.54) is 6.42 Å². The smallest absolute Gasteiger partial charge is 0.239 e. The summed E-state index contributed by atoms with van der Waals surface area (Å²) in [6, 6.07) is -0.0906. The molecule has 1 atom stereocenters. The van der Waals surface area contributed by atoms with Gasteiger partial charge in [-0.3, -0.25) is 14.7 Å². The molecule has 0 aromatic rings. The molecular formula is C20H38N6O3S. The maximum absolute atomic E-state index is 12.6. The fourth-order valence-corrected chi connectivity index (χ4v) is 5.33. The lowest BCUT2D eigenvalue weighted by atomic mass is 9.86. The Hall–Kier alpha value is -1.39. The van der Waals surface area contributed by atoms with Gasteiger partial charge in [-0.1, -0.05) is 6.42 Å². The molecule has 1 unspecified atom stereocenters. The number of piperazine rings is 1. The second kappa shape index (κ2) is 10.8. The molecule has 2 N–H and O–H groups in total. The van der Waals surface area contributed by atoms with Gasteiger partial charge in [-0.2, -0.15) is 0 Å². The second-order valence-electron chi connectivity index (χ2n) is 8.67. The van der Waals surface area contributed by atoms with Gasteiger partial charge in [-0.25, -0.2) is 13.1 Å². The Morgan fingerprint density at radius 2 is 1.70 bits per heavy atom. The maximum Gasteiger partial charge on any atom is 0.239 e. The summed E-state index contributed by atoms with van der Waals surface area (Å²) < 4.78 is 27.0. The Kier molecular flexibility index (Phi) is 8.35. The van der Waals surface area contributed by atoms with Gasteiger partial charge in [-0.15, -0.1) is 0 Å². The van der Waals surface area contributed by atoms with Gasteiger partial charge in [0.05, 0.1) is 11.8 Å². The van der Waals surface area contributed by atoms with Gasteiger partial charge in [0, 0.05) is 59.4 Å². The third kappa shape index (κ3) is 6.31. The Morgan fingerprint density at radius 1 is 1.03 bits per heavy atom. The van der Waals surface area contributed by atoms with E-state index in [1.54, 1.807) is 7.05 Å². The topological polar surface area (TPSA) is 97.3 Å². The van der Waals surface area contributed by atoms with Gasteiger partial charge in [0.25, 0.3) is 0 Å². The standard InChI is InChI=1S/C20H38N6O3S/c1-17(19(27)25-9-3-4-10-25)24-11-13-26(14-12-24)20(21-2)22-8-15-30(28,29)23-16-18-6-5-7-18/h17-18,23H,3-16H2,1-2H3,(H,21,22). The van der Waals surface area contributed by atoms with Gasteiger partial charge in [0.2, 0.25) is 15.9 Å². The van der Waals surface area contributed by atoms with E-state index in [2.05, 4.69) is 24.8 Å². The van der Waals surface area contributed by atoms with E-state index < -0.39 is 10.0 Å². The molecule has 2 saturated heterocycles. The average molecular weight is 443 g/mol. The van der Waals surface area contributed by atoms with Crippen LogP contribution in [0.25, 0.3) is 0 Å². The van der Waals surface area contributed by atoms with E-state index in [-0.39, 0.29) is 17.7 Å². The van der Waals surface area contributed by atoms with E-state index in [1.807, 2.05) is 11.8 Å². The zero-order valence-corrected chi connectivity index (χ0v) is 19.3. The highest BCUT2D eigenvalue weighted by molar-refractivity contribution is 7.89. The van der Waals surface area contributed by atoms with E-state index in [4.69, 9.17) is 0 Å². The molecule has 2 aliphatic heterocycles. The van der Waals surface area contributed by atoms with Gasteiger partial charge < -0.3 is 15.1 Å². The molecule has 10 heteroatoms. The Labute approximate surface area is 181 Å². The lowest BCUT2D eigenvalue weighted by Crippen LogP contribution is -2.57. The second-order valence-corrected chi connectivity index (χ2v) is 10.6. The van der Waals surface area contributed by atoms with Crippen molar-refractivity contribution in [3.05, 3.63) is 0 Å². The highest BCUT2D eigenvalue weighted by Crippen LogP contribution is 2.25. The minimum absolute atomic E-state index is 0.0417. The molecule has 2 heterocycles. The van der Waals surface area contributed by atoms with Crippen LogP contribution in [0.2, 0.25) is 0 Å². The summed E-state index contributed by atoms with van der Waals surface area (Å²) in [5, 5.41) is 3.19. The molecule has 1 amide bonds. The summed E-state index contributed by atoms with van der Waals surface area (Å²) in [7, 11) is -1.54. The number of aliphatic imine (C=N–C) groups is 1. The fraction of sp³-hybridized carbons (Fsp3) is 0.900. The normalized spacial score (nSPS) is 22.8. The predicted molar refractivity (Wildman–Crippen MR) is 119 cm³/mol. The molecule has 0 bridgehead atoms. The van der Waals surface area contributed by atoms with E-state index in [9.17, 15) is 13.2 Å². The van der Waals surface area contributed by atoms with E-state index >= 15 is 0 Å². The average Bonchev–Trinajstić information content (AvgIpc) is 3.24. The van der Waals surface area contributed by atoms with Crippen LogP contribution < -0.4 is 10.0 Å². The predicted octanol–water partition coefficient (Wildman–Crippen LogP) is -0.0902. The largest absolute Gasteiger partial charge is 0.355 e. The van der Waals surface area contributed by atoms with Gasteiger partial charge >= 0.3 is 0 Å². The van der Waals surface area contributed by atoms with E-state index in [0.29, 0.717) is 19.0 Å². The number of nitrogens with zero attached hydrogens (tertiary/aromatic N) is 4. The summed E-state index contributed by atoms with van der Waals surface area (Å²) in [5.41, 5.74) is 0. The molecule has 172 valence electrons. The van der Waals surface area contributed by atoms with Crippen molar-refractivity contribution in [1.82, 2.24) is 24.7 Å². The quantitative estimate of drug-likeness (QED) is 0.403. The zero-order chi connectivity index (χ0) is 21.6. The van der Waals surface area contributed by atoms with Crippen LogP contribution in [0.3, 0.4) is 0 Å². The number of carbonyl (C=O) groups excluding carboxylic acids is 1. The molecule has 3 fully saturated rings. The summed E-state index contributed by atoms with van der Waals surface area (Å²) in [6.07, 6.45) is 5.69. The van der Waals surface area contributed by atoms with Crippen LogP contribution in [0.1, 0.15) is 39.0 Å². The molecule has 3 aliphatic rings. The lowest BCUT2D eigenvalue weighted by molar-refractivity contribution is -0.135. The van der Waals surface area contributed by atoms with Crippen molar-refractivity contribution in [1.29, 1.82) is 0 Å². The number of rotatable bonds is 8. The van der Waals surface area contributed by atoms with Crippen molar-refractivity contribution in [3.8, 4) is 0 Å². The molecule has 30 heavy (non-hydrogen) atoms. The highest BCUT2D eigenvalue weighted by Gasteiger charge is 2.30. The first kappa shape index (κ1) is 23.3. The van der Waals surface area contributed by atoms with Crippen LogP contribution in [0, 0.1) is 5.92 Å². The number of amides is 1. The number of carbonyl (C=O) groups is 1. The Balaban J connectivity index is 1.38. The number of likely N-dealkylation sites (tertiary alicyclic amines) is 1. The van der Waals surface area contributed by atoms with Crippen LogP contribution >= 0.6 is 0 Å². The van der Waals surface area contributed by atoms with Crippen LogP contribution in [0.5, 0.6) is 0 Å². The van der Waals surface area contributed by atoms with Gasteiger partial charge in [-0.05, 0) is 38.5 Å². The first-order valence-corrected chi connectivity index (χ1v) is 13.0. The first-order valence-electron chi connectivity index (χ1n) is 11.4. The lowest BCUT2D eigenvalue weighted by Gasteiger charge is -2.39. The van der Waals surface area contributed by atoms with E-state index in [0.717, 1.165) is 70.9 Å². The van der Waals surface area contributed by atoms with Crippen molar-refractivity contribution in [2.24, 2.45) is 10.9 Å². The Bertz CT molecular complexity index is 695. The van der Waals surface area contributed by atoms with Crippen molar-refractivity contribution >= 4 is 21.9 Å². The maximum atomic E-state index is 12.6. The third-order valence-electron chi connectivity index (χ3n) is 6.62. The molecular weight excluding hydrogens is 404 g/mol. The highest BCUT2D eigenvalue weighted by atomic mass is 32.2. The van der Waals surface area contributed by atoms with Crippen LogP contribution in [0.4, 0.5) is 0 Å². The van der Waals surface area contributed by atoms with Crippen LogP contribution in [-0.2, 0) is 14.8 Å². The number of hydrogen-bond acceptors (Lipinski definition) is 5. The molecule has 0 aromatic carbocycles. The van der Waals surface area contributed by atoms with Crippen LogP contribution in [-0.4, -0.2) is 106 Å². The fourth-order valence-electron chi connectivity index (χ4n) is 4.32. The van der Waals surface area contributed by atoms with Crippen molar-refractivity contribution in [2.45, 2.75) is 45.1 Å². The van der Waals surface area contributed by atoms with Gasteiger partial charge in [0.1, 0.15) is 0 Å².